The lowest BCUT2D eigenvalue weighted by Crippen LogP contribution is -1.92. The number of hydrogen-bond acceptors (Lipinski definition) is 3. The summed E-state index contributed by atoms with van der Waals surface area (Å²) in [7, 11) is 0. The van der Waals surface area contributed by atoms with Crippen molar-refractivity contribution in [2.24, 2.45) is 0 Å². The van der Waals surface area contributed by atoms with Crippen LogP contribution in [0, 0.1) is 0 Å². The van der Waals surface area contributed by atoms with E-state index in [4.69, 9.17) is 0 Å². The smallest absolute Gasteiger partial charge is 0.253 e. The summed E-state index contributed by atoms with van der Waals surface area (Å²) in [6.45, 7) is 0. The SMILES string of the molecule is O=[C]c1ccn2nccc2n1. The van der Waals surface area contributed by atoms with E-state index in [1.807, 2.05) is 0 Å². The molecule has 0 N–H and O–H groups in total. The van der Waals surface area contributed by atoms with Crippen LogP contribution in [-0.2, 0) is 4.79 Å². The topological polar surface area (TPSA) is 47.3 Å². The number of rotatable bonds is 1. The van der Waals surface area contributed by atoms with Gasteiger partial charge in [-0.2, -0.15) is 5.10 Å². The predicted molar refractivity (Wildman–Crippen MR) is 37.8 cm³/mol. The molecule has 2 aromatic rings. The second kappa shape index (κ2) is 2.16. The Morgan fingerprint density at radius 2 is 2.36 bits per heavy atom. The normalized spacial score (nSPS) is 10.2. The fourth-order valence-electron chi connectivity index (χ4n) is 0.869. The molecule has 0 aliphatic rings. The second-order valence-electron chi connectivity index (χ2n) is 2.05. The van der Waals surface area contributed by atoms with E-state index in [-0.39, 0.29) is 0 Å². The largest absolute Gasteiger partial charge is 0.283 e. The fourth-order valence-corrected chi connectivity index (χ4v) is 0.869. The van der Waals surface area contributed by atoms with E-state index in [1.165, 1.54) is 0 Å². The minimum Gasteiger partial charge on any atom is -0.283 e. The Morgan fingerprint density at radius 1 is 1.45 bits per heavy atom. The lowest BCUT2D eigenvalue weighted by Gasteiger charge is -1.90. The highest BCUT2D eigenvalue weighted by atomic mass is 16.1. The van der Waals surface area contributed by atoms with Crippen LogP contribution in [0.5, 0.6) is 0 Å². The summed E-state index contributed by atoms with van der Waals surface area (Å²) < 4.78 is 1.58. The molecule has 0 spiro atoms. The molecule has 11 heavy (non-hydrogen) atoms. The fraction of sp³-hybridized carbons (Fsp3) is 0. The molecule has 1 radical (unpaired) electrons. The standard InChI is InChI=1S/C7H4N3O/c11-5-6-2-4-10-7(9-6)1-3-8-10/h1-4H. The molecule has 0 bridgehead atoms. The molecular formula is C7H4N3O. The van der Waals surface area contributed by atoms with Gasteiger partial charge in [-0.15, -0.1) is 0 Å². The minimum atomic E-state index is 0.304. The Balaban J connectivity index is 2.76. The average molecular weight is 146 g/mol. The molecule has 4 nitrogen and oxygen atoms in total. The van der Waals surface area contributed by atoms with Crippen LogP contribution >= 0.6 is 0 Å². The molecule has 0 aromatic carbocycles. The Labute approximate surface area is 62.5 Å². The van der Waals surface area contributed by atoms with Crippen molar-refractivity contribution in [2.45, 2.75) is 0 Å². The summed E-state index contributed by atoms with van der Waals surface area (Å²) in [4.78, 5) is 14.1. The van der Waals surface area contributed by atoms with E-state index < -0.39 is 0 Å². The molecule has 0 amide bonds. The van der Waals surface area contributed by atoms with E-state index in [9.17, 15) is 4.79 Å². The van der Waals surface area contributed by atoms with Crippen molar-refractivity contribution in [3.63, 3.8) is 0 Å². The zero-order chi connectivity index (χ0) is 7.68. The monoisotopic (exact) mass is 146 g/mol. The van der Waals surface area contributed by atoms with Gasteiger partial charge in [0.1, 0.15) is 5.69 Å². The molecule has 0 aliphatic carbocycles. The van der Waals surface area contributed by atoms with E-state index in [0.29, 0.717) is 11.3 Å². The van der Waals surface area contributed by atoms with Crippen LogP contribution in [-0.4, -0.2) is 20.9 Å². The van der Waals surface area contributed by atoms with Gasteiger partial charge in [-0.25, -0.2) is 9.50 Å². The van der Waals surface area contributed by atoms with Gasteiger partial charge in [-0.05, 0) is 6.07 Å². The molecule has 0 fully saturated rings. The van der Waals surface area contributed by atoms with Crippen molar-refractivity contribution < 1.29 is 4.79 Å². The first-order valence-electron chi connectivity index (χ1n) is 3.09. The minimum absolute atomic E-state index is 0.304. The first-order valence-corrected chi connectivity index (χ1v) is 3.09. The number of carbonyl (C=O) groups excluding carboxylic acids is 1. The molecule has 0 saturated heterocycles. The second-order valence-corrected chi connectivity index (χ2v) is 2.05. The number of aromatic nitrogens is 3. The van der Waals surface area contributed by atoms with E-state index in [1.54, 1.807) is 35.3 Å². The maximum Gasteiger partial charge on any atom is 0.253 e. The van der Waals surface area contributed by atoms with Crippen molar-refractivity contribution in [3.8, 4) is 0 Å². The third-order valence-electron chi connectivity index (χ3n) is 1.36. The zero-order valence-electron chi connectivity index (χ0n) is 5.56. The summed E-state index contributed by atoms with van der Waals surface area (Å²) in [5, 5.41) is 3.92. The highest BCUT2D eigenvalue weighted by Crippen LogP contribution is 1.97. The van der Waals surface area contributed by atoms with Gasteiger partial charge in [-0.3, -0.25) is 4.79 Å². The van der Waals surface area contributed by atoms with Crippen LogP contribution in [0.25, 0.3) is 5.65 Å². The lowest BCUT2D eigenvalue weighted by molar-refractivity contribution is 0.561. The zero-order valence-corrected chi connectivity index (χ0v) is 5.56. The first-order chi connectivity index (χ1) is 5.40. The molecule has 0 saturated carbocycles. The van der Waals surface area contributed by atoms with Gasteiger partial charge in [0.15, 0.2) is 5.65 Å². The van der Waals surface area contributed by atoms with E-state index in [2.05, 4.69) is 10.1 Å². The molecule has 0 atom stereocenters. The first kappa shape index (κ1) is 6.03. The molecular weight excluding hydrogens is 142 g/mol. The third kappa shape index (κ3) is 0.881. The van der Waals surface area contributed by atoms with Gasteiger partial charge in [0.05, 0.1) is 6.20 Å². The van der Waals surface area contributed by atoms with E-state index >= 15 is 0 Å². The maximum atomic E-state index is 10.2. The highest BCUT2D eigenvalue weighted by Gasteiger charge is 1.95. The predicted octanol–water partition coefficient (Wildman–Crippen LogP) is 0.187. The molecule has 0 unspecified atom stereocenters. The van der Waals surface area contributed by atoms with Crippen molar-refractivity contribution in [3.05, 3.63) is 30.2 Å². The van der Waals surface area contributed by atoms with Crippen molar-refractivity contribution >= 4 is 11.9 Å². The van der Waals surface area contributed by atoms with Crippen LogP contribution in [0.4, 0.5) is 0 Å². The van der Waals surface area contributed by atoms with Crippen molar-refractivity contribution in [2.75, 3.05) is 0 Å². The van der Waals surface area contributed by atoms with Crippen LogP contribution in [0.15, 0.2) is 24.5 Å². The summed E-state index contributed by atoms with van der Waals surface area (Å²) >= 11 is 0. The Kier molecular flexibility index (Phi) is 1.18. The van der Waals surface area contributed by atoms with Crippen molar-refractivity contribution in [1.29, 1.82) is 0 Å². The molecule has 2 aromatic heterocycles. The number of fused-ring (bicyclic) bond motifs is 1. The molecule has 4 heteroatoms. The summed E-state index contributed by atoms with van der Waals surface area (Å²) in [5.41, 5.74) is 0.962. The molecule has 2 heterocycles. The van der Waals surface area contributed by atoms with Gasteiger partial charge in [-0.1, -0.05) is 0 Å². The molecule has 53 valence electrons. The molecule has 0 aliphatic heterocycles. The summed E-state index contributed by atoms with van der Waals surface area (Å²) in [6.07, 6.45) is 5.00. The quantitative estimate of drug-likeness (QED) is 0.576. The van der Waals surface area contributed by atoms with Crippen LogP contribution in [0.2, 0.25) is 0 Å². The van der Waals surface area contributed by atoms with Crippen molar-refractivity contribution in [1.82, 2.24) is 14.6 Å². The Morgan fingerprint density at radius 3 is 3.18 bits per heavy atom. The number of nitrogens with zero attached hydrogens (tertiary/aromatic N) is 3. The van der Waals surface area contributed by atoms with Crippen LogP contribution in [0.3, 0.4) is 0 Å². The average Bonchev–Trinajstić information content (AvgIpc) is 2.50. The maximum absolute atomic E-state index is 10.2. The summed E-state index contributed by atoms with van der Waals surface area (Å²) in [6, 6.07) is 3.29. The van der Waals surface area contributed by atoms with Gasteiger partial charge in [0.25, 0.3) is 6.29 Å². The highest BCUT2D eigenvalue weighted by molar-refractivity contribution is 5.72. The number of hydrogen-bond donors (Lipinski definition) is 0. The summed E-state index contributed by atoms with van der Waals surface area (Å²) in [5.74, 6) is 0. The third-order valence-corrected chi connectivity index (χ3v) is 1.36. The Bertz CT molecular complexity index is 393. The van der Waals surface area contributed by atoms with Gasteiger partial charge < -0.3 is 0 Å². The van der Waals surface area contributed by atoms with E-state index in [0.717, 1.165) is 0 Å². The molecule has 2 rings (SSSR count). The van der Waals surface area contributed by atoms with Crippen LogP contribution in [0.1, 0.15) is 5.69 Å². The Hall–Kier alpha value is -1.71. The van der Waals surface area contributed by atoms with Gasteiger partial charge in [0.2, 0.25) is 0 Å². The van der Waals surface area contributed by atoms with Crippen LogP contribution < -0.4 is 0 Å². The van der Waals surface area contributed by atoms with Gasteiger partial charge in [0, 0.05) is 12.3 Å². The van der Waals surface area contributed by atoms with Gasteiger partial charge >= 0.3 is 0 Å². The lowest BCUT2D eigenvalue weighted by atomic mass is 10.4.